The molecule has 2 fully saturated rings. The van der Waals surface area contributed by atoms with Crippen LogP contribution >= 0.6 is 0 Å². The number of pyridine rings is 3. The van der Waals surface area contributed by atoms with Crippen molar-refractivity contribution >= 4 is 35.3 Å². The third-order valence-corrected chi connectivity index (χ3v) is 12.3. The summed E-state index contributed by atoms with van der Waals surface area (Å²) in [5.74, 6) is -1.23. The molecule has 5 nitrogen and oxygen atoms in total. The van der Waals surface area contributed by atoms with Gasteiger partial charge in [0.15, 0.2) is 0 Å². The van der Waals surface area contributed by atoms with E-state index in [2.05, 4.69) is 46.7 Å². The van der Waals surface area contributed by atoms with Crippen LogP contribution in [0, 0.1) is 30.8 Å². The van der Waals surface area contributed by atoms with E-state index in [1.807, 2.05) is 36.5 Å². The second kappa shape index (κ2) is 17.4. The molecular weight excluding hydrogens is 859 g/mol. The molecule has 6 aromatic rings. The zero-order valence-electron chi connectivity index (χ0n) is 42.7. The van der Waals surface area contributed by atoms with Crippen molar-refractivity contribution in [3.8, 4) is 28.3 Å². The number of aromatic nitrogens is 3. The fraction of sp³-hybridized carbons (Fsp3) is 0.426. The van der Waals surface area contributed by atoms with Gasteiger partial charge in [-0.15, -0.1) is 48.0 Å². The van der Waals surface area contributed by atoms with Crippen LogP contribution in [-0.4, -0.2) is 30.1 Å². The van der Waals surface area contributed by atoms with Gasteiger partial charge in [0.25, 0.3) is 0 Å². The third-order valence-electron chi connectivity index (χ3n) is 10.3. The SMILES string of the molecule is [2H]C([2H])([2H])Oc1c[c-]c(-c2cc(C([2H])([2H])C3CCCC3)c(C([2H])(C)C)cn2)c2oc3nc(C([2H])([2H])[2H])ccc3c12.[2H]C([2H])(c1cc(-c2[c-]cccc2)ncc1[Si](C)(C)C)C1CCCC1.[Ir]. The molecule has 54 heavy (non-hydrogen) atoms. The first-order chi connectivity index (χ1) is 29.8. The summed E-state index contributed by atoms with van der Waals surface area (Å²) in [4.78, 5) is 13.4. The Bertz CT molecular complexity index is 2630. The van der Waals surface area contributed by atoms with Crippen LogP contribution in [0.25, 0.3) is 44.6 Å². The second-order valence-corrected chi connectivity index (χ2v) is 20.5. The number of aryl methyl sites for hydroxylation is 1. The Morgan fingerprint density at radius 2 is 1.63 bits per heavy atom. The van der Waals surface area contributed by atoms with Gasteiger partial charge < -0.3 is 19.1 Å². The first kappa shape index (κ1) is 27.9. The van der Waals surface area contributed by atoms with Crippen LogP contribution in [0.4, 0.5) is 0 Å². The number of methoxy groups -OCH3 is 1. The van der Waals surface area contributed by atoms with E-state index in [-0.39, 0.29) is 60.1 Å². The van der Waals surface area contributed by atoms with E-state index >= 15 is 0 Å². The molecule has 7 heteroatoms. The minimum atomic E-state index is -2.78. The summed E-state index contributed by atoms with van der Waals surface area (Å²) < 4.78 is 102. The van der Waals surface area contributed by atoms with Gasteiger partial charge in [0, 0.05) is 60.3 Å². The molecule has 2 aliphatic carbocycles. The van der Waals surface area contributed by atoms with E-state index in [1.54, 1.807) is 19.9 Å². The van der Waals surface area contributed by atoms with Crippen molar-refractivity contribution in [2.24, 2.45) is 11.8 Å². The number of nitrogens with zero attached hydrogens (tertiary/aromatic N) is 3. The number of hydrogen-bond donors (Lipinski definition) is 0. The van der Waals surface area contributed by atoms with Gasteiger partial charge in [-0.1, -0.05) is 108 Å². The average Bonchev–Trinajstić information content (AvgIpc) is 4.02. The molecule has 0 bridgehead atoms. The molecule has 0 N–H and O–H groups in total. The molecule has 0 saturated heterocycles. The predicted octanol–water partition coefficient (Wildman–Crippen LogP) is 11.8. The van der Waals surface area contributed by atoms with E-state index in [1.165, 1.54) is 24.4 Å². The van der Waals surface area contributed by atoms with Crippen molar-refractivity contribution in [3.05, 3.63) is 102 Å². The number of hydrogen-bond acceptors (Lipinski definition) is 5. The maximum Gasteiger partial charge on any atom is 0.216 e. The van der Waals surface area contributed by atoms with Gasteiger partial charge in [0.2, 0.25) is 5.71 Å². The first-order valence-corrected chi connectivity index (χ1v) is 22.2. The Hall–Kier alpha value is -3.64. The number of fused-ring (bicyclic) bond motifs is 3. The summed E-state index contributed by atoms with van der Waals surface area (Å²) in [5, 5.41) is 1.76. The summed E-state index contributed by atoms with van der Waals surface area (Å²) in [6.45, 7) is 7.71. The predicted molar refractivity (Wildman–Crippen MR) is 222 cm³/mol. The Morgan fingerprint density at radius 3 is 2.28 bits per heavy atom. The van der Waals surface area contributed by atoms with Crippen molar-refractivity contribution in [2.75, 3.05) is 7.04 Å². The zero-order chi connectivity index (χ0) is 46.6. The fourth-order valence-corrected chi connectivity index (χ4v) is 8.91. The van der Waals surface area contributed by atoms with Gasteiger partial charge in [0.05, 0.1) is 24.8 Å². The Kier molecular flexibility index (Phi) is 9.00. The minimum absolute atomic E-state index is 0. The molecule has 2 saturated carbocycles. The molecular formula is C47H55IrN3O2Si-2. The van der Waals surface area contributed by atoms with Crippen molar-refractivity contribution in [1.82, 2.24) is 15.0 Å². The van der Waals surface area contributed by atoms with Crippen molar-refractivity contribution < 1.29 is 44.3 Å². The van der Waals surface area contributed by atoms with Gasteiger partial charge in [0.1, 0.15) is 0 Å². The maximum absolute atomic E-state index is 9.09. The molecule has 8 rings (SSSR count). The summed E-state index contributed by atoms with van der Waals surface area (Å²) >= 11 is 0. The van der Waals surface area contributed by atoms with E-state index in [4.69, 9.17) is 24.2 Å². The molecule has 2 aromatic carbocycles. The van der Waals surface area contributed by atoms with Crippen molar-refractivity contribution in [3.63, 3.8) is 0 Å². The number of benzene rings is 2. The van der Waals surface area contributed by atoms with Crippen LogP contribution in [0.1, 0.15) is 109 Å². The second-order valence-electron chi connectivity index (χ2n) is 15.5. The van der Waals surface area contributed by atoms with Crippen LogP contribution in [0.3, 0.4) is 0 Å². The van der Waals surface area contributed by atoms with Crippen LogP contribution < -0.4 is 9.92 Å². The van der Waals surface area contributed by atoms with Crippen molar-refractivity contribution in [2.45, 2.75) is 110 Å². The van der Waals surface area contributed by atoms with Gasteiger partial charge in [-0.2, -0.15) is 0 Å². The smallest absolute Gasteiger partial charge is 0.216 e. The molecule has 1 radical (unpaired) electrons. The molecule has 2 aliphatic rings. The first-order valence-electron chi connectivity index (χ1n) is 24.2. The molecule has 0 aliphatic heterocycles. The Morgan fingerprint density at radius 1 is 0.926 bits per heavy atom. The summed E-state index contributed by atoms with van der Waals surface area (Å²) in [7, 11) is -4.45. The fourth-order valence-electron chi connectivity index (χ4n) is 7.51. The van der Waals surface area contributed by atoms with E-state index in [0.717, 1.165) is 73.4 Å². The molecule has 0 unspecified atom stereocenters. The number of ether oxygens (including phenoxy) is 1. The van der Waals surface area contributed by atoms with Gasteiger partial charge in [-0.25, -0.2) is 4.98 Å². The standard InChI is InChI=1S/C27H29N2O2.C20H26NSi.Ir/c1-16(2)22-15-28-23(14-19(22)13-18-7-5-6-8-18)20-11-12-24(30-4)25-21-10-9-17(3)29-27(21)31-26(20)25;1-22(2,3)20-15-21-19(17-11-5-4-6-12-17)14-18(20)13-16-9-7-8-10-16;/h9-10,12,14-16,18H,5-8,13H2,1-4H3;4-6,11,14-16H,7-10,13H2,1-3H3;/q2*-1;/i3D3,4D3,13D2,16D;13D2;. The molecule has 4 aromatic heterocycles. The number of rotatable bonds is 9. The zero-order valence-corrected chi connectivity index (χ0v) is 35.0. The van der Waals surface area contributed by atoms with Crippen LogP contribution in [0.5, 0.6) is 5.75 Å². The Labute approximate surface area is 352 Å². The van der Waals surface area contributed by atoms with Gasteiger partial charge in [-0.05, 0) is 82.5 Å². The topological polar surface area (TPSA) is 61.0 Å². The monoisotopic (exact) mass is 925 g/mol. The van der Waals surface area contributed by atoms with Gasteiger partial charge >= 0.3 is 0 Å². The van der Waals surface area contributed by atoms with Crippen molar-refractivity contribution in [1.29, 1.82) is 0 Å². The molecule has 0 amide bonds. The third kappa shape index (κ3) is 8.90. The Balaban J connectivity index is 0.000000239. The normalized spacial score (nSPS) is 19.3. The van der Waals surface area contributed by atoms with E-state index < -0.39 is 40.6 Å². The van der Waals surface area contributed by atoms with Crippen LogP contribution in [-0.2, 0) is 32.9 Å². The minimum Gasteiger partial charge on any atom is -0.539 e. The number of furan rings is 1. The summed E-state index contributed by atoms with van der Waals surface area (Å²) in [6.07, 6.45) is 8.13. The van der Waals surface area contributed by atoms with Gasteiger partial charge in [-0.3, -0.25) is 0 Å². The van der Waals surface area contributed by atoms with E-state index in [9.17, 15) is 0 Å². The van der Waals surface area contributed by atoms with E-state index in [0.29, 0.717) is 27.8 Å². The van der Waals surface area contributed by atoms with Crippen LogP contribution in [0.2, 0.25) is 19.6 Å². The molecule has 285 valence electrons. The summed E-state index contributed by atoms with van der Waals surface area (Å²) in [5.41, 5.74) is 4.01. The van der Waals surface area contributed by atoms with Crippen LogP contribution in [0.15, 0.2) is 71.4 Å². The molecule has 0 atom stereocenters. The molecule has 0 spiro atoms. The maximum atomic E-state index is 9.09. The molecule has 4 heterocycles. The summed E-state index contributed by atoms with van der Waals surface area (Å²) in [6, 6.07) is 21.8. The average molecular weight is 925 g/mol. The largest absolute Gasteiger partial charge is 0.539 e. The quantitative estimate of drug-likeness (QED) is 0.107.